The van der Waals surface area contributed by atoms with Gasteiger partial charge in [-0.3, -0.25) is 14.1 Å². The normalized spacial score (nSPS) is 12.3. The number of benzene rings is 1. The molecule has 3 aromatic heterocycles. The second-order valence-electron chi connectivity index (χ2n) is 6.98. The third kappa shape index (κ3) is 6.57. The largest absolute Gasteiger partial charge is 0.469 e. The van der Waals surface area contributed by atoms with E-state index in [4.69, 9.17) is 9.54 Å². The first-order valence-corrected chi connectivity index (χ1v) is 13.8. The van der Waals surface area contributed by atoms with E-state index >= 15 is 0 Å². The van der Waals surface area contributed by atoms with Gasteiger partial charge in [0.2, 0.25) is 5.13 Å². The maximum atomic E-state index is 11.5. The fourth-order valence-electron chi connectivity index (χ4n) is 3.01. The maximum Gasteiger partial charge on any atom is 0.357 e. The zero-order chi connectivity index (χ0) is 24.1. The van der Waals surface area contributed by atoms with Crippen molar-refractivity contribution in [2.24, 2.45) is 0 Å². The van der Waals surface area contributed by atoms with E-state index in [1.54, 1.807) is 46.9 Å². The molecule has 1 atom stereocenters. The number of thiophene rings is 1. The molecular formula is C20H19N5O5S4. The summed E-state index contributed by atoms with van der Waals surface area (Å²) in [5.74, 6) is -0.391. The highest BCUT2D eigenvalue weighted by atomic mass is 32.2. The Kier molecular flexibility index (Phi) is 7.53. The monoisotopic (exact) mass is 537 g/mol. The molecule has 1 aromatic carbocycles. The second-order valence-corrected chi connectivity index (χ2v) is 11.0. The van der Waals surface area contributed by atoms with Gasteiger partial charge in [-0.05, 0) is 35.6 Å². The number of hydrogen-bond donors (Lipinski definition) is 3. The van der Waals surface area contributed by atoms with E-state index in [2.05, 4.69) is 20.3 Å². The van der Waals surface area contributed by atoms with Crippen molar-refractivity contribution >= 4 is 61.1 Å². The van der Waals surface area contributed by atoms with Crippen LogP contribution in [0.1, 0.15) is 22.3 Å². The molecule has 0 fully saturated rings. The van der Waals surface area contributed by atoms with Crippen LogP contribution in [0.25, 0.3) is 9.88 Å². The molecule has 0 aliphatic rings. The Balaban J connectivity index is 1.56. The van der Waals surface area contributed by atoms with Gasteiger partial charge in [-0.1, -0.05) is 29.5 Å². The Bertz CT molecular complexity index is 1350. The highest BCUT2D eigenvalue weighted by molar-refractivity contribution is 7.87. The molecule has 0 saturated heterocycles. The van der Waals surface area contributed by atoms with Gasteiger partial charge in [-0.25, -0.2) is 4.98 Å². The van der Waals surface area contributed by atoms with Gasteiger partial charge in [0.1, 0.15) is 10.0 Å². The Morgan fingerprint density at radius 2 is 1.97 bits per heavy atom. The summed E-state index contributed by atoms with van der Waals surface area (Å²) in [6.07, 6.45) is 0.563. The zero-order valence-electron chi connectivity index (χ0n) is 17.7. The average Bonchev–Trinajstić information content (AvgIpc) is 3.55. The second kappa shape index (κ2) is 10.6. The molecule has 3 N–H and O–H groups in total. The topological polar surface area (TPSA) is 143 Å². The van der Waals surface area contributed by atoms with Crippen LogP contribution in [0, 0.1) is 0 Å². The molecule has 4 aromatic rings. The van der Waals surface area contributed by atoms with Crippen LogP contribution in [-0.2, 0) is 32.7 Å². The van der Waals surface area contributed by atoms with Crippen LogP contribution in [0.15, 0.2) is 47.2 Å². The number of aromatic nitrogens is 3. The summed E-state index contributed by atoms with van der Waals surface area (Å²) in [7, 11) is -3.02. The average molecular weight is 538 g/mol. The first-order valence-electron chi connectivity index (χ1n) is 9.78. The Hall–Kier alpha value is -2.91. The van der Waals surface area contributed by atoms with Gasteiger partial charge in [-0.15, -0.1) is 32.9 Å². The number of thiazole rings is 1. The third-order valence-electron chi connectivity index (χ3n) is 4.54. The van der Waals surface area contributed by atoms with Crippen molar-refractivity contribution < 1.29 is 22.5 Å². The summed E-state index contributed by atoms with van der Waals surface area (Å²) >= 11 is 4.42. The molecule has 1 unspecified atom stereocenters. The molecule has 34 heavy (non-hydrogen) atoms. The van der Waals surface area contributed by atoms with Crippen molar-refractivity contribution in [1.82, 2.24) is 15.2 Å². The third-order valence-corrected chi connectivity index (χ3v) is 7.79. The fourth-order valence-corrected chi connectivity index (χ4v) is 5.91. The van der Waals surface area contributed by atoms with Gasteiger partial charge in [0, 0.05) is 5.38 Å². The van der Waals surface area contributed by atoms with Crippen LogP contribution in [0.2, 0.25) is 0 Å². The number of carbonyl (C=O) groups is 1. The predicted molar refractivity (Wildman–Crippen MR) is 133 cm³/mol. The summed E-state index contributed by atoms with van der Waals surface area (Å²) in [6.45, 7) is 0. The van der Waals surface area contributed by atoms with Crippen LogP contribution in [0.3, 0.4) is 0 Å². The van der Waals surface area contributed by atoms with Crippen LogP contribution < -0.4 is 10.0 Å². The van der Waals surface area contributed by atoms with E-state index in [9.17, 15) is 13.2 Å². The van der Waals surface area contributed by atoms with Crippen LogP contribution in [-0.4, -0.2) is 41.2 Å². The van der Waals surface area contributed by atoms with E-state index in [0.717, 1.165) is 21.1 Å². The van der Waals surface area contributed by atoms with Gasteiger partial charge in [0.05, 0.1) is 35.8 Å². The minimum atomic E-state index is -4.34. The molecule has 0 amide bonds. The highest BCUT2D eigenvalue weighted by Crippen LogP contribution is 2.32. The van der Waals surface area contributed by atoms with Gasteiger partial charge in [-0.2, -0.15) is 8.42 Å². The Morgan fingerprint density at radius 3 is 2.65 bits per heavy atom. The number of nitrogens with one attached hydrogen (secondary N) is 2. The van der Waals surface area contributed by atoms with Crippen molar-refractivity contribution in [3.05, 3.63) is 63.4 Å². The number of esters is 1. The van der Waals surface area contributed by atoms with Gasteiger partial charge < -0.3 is 10.1 Å². The van der Waals surface area contributed by atoms with Crippen molar-refractivity contribution in [1.29, 1.82) is 0 Å². The number of nitrogens with zero attached hydrogens (tertiary/aromatic N) is 3. The van der Waals surface area contributed by atoms with Crippen molar-refractivity contribution in [2.45, 2.75) is 18.9 Å². The van der Waals surface area contributed by atoms with Crippen LogP contribution >= 0.6 is 34.0 Å². The van der Waals surface area contributed by atoms with E-state index < -0.39 is 16.3 Å². The lowest BCUT2D eigenvalue weighted by Crippen LogP contribution is -2.14. The first-order chi connectivity index (χ1) is 16.3. The van der Waals surface area contributed by atoms with Crippen molar-refractivity contribution in [3.8, 4) is 9.88 Å². The van der Waals surface area contributed by atoms with E-state index in [1.165, 1.54) is 18.4 Å². The SMILES string of the molecule is COC(=O)Cc1nnc(NC(Cc2ccc(NS(=O)(=O)O)cc2)c2csc(-c3cccs3)n2)s1. The molecule has 4 rings (SSSR count). The molecule has 14 heteroatoms. The highest BCUT2D eigenvalue weighted by Gasteiger charge is 2.20. The lowest BCUT2D eigenvalue weighted by Gasteiger charge is -2.16. The number of methoxy groups -OCH3 is 1. The molecule has 0 saturated carbocycles. The number of anilines is 2. The summed E-state index contributed by atoms with van der Waals surface area (Å²) in [6, 6.07) is 10.4. The molecule has 0 aliphatic heterocycles. The quantitative estimate of drug-likeness (QED) is 0.202. The van der Waals surface area contributed by atoms with Crippen molar-refractivity contribution in [2.75, 3.05) is 17.1 Å². The molecule has 0 aliphatic carbocycles. The van der Waals surface area contributed by atoms with Crippen molar-refractivity contribution in [3.63, 3.8) is 0 Å². The number of ether oxygens (including phenoxy) is 1. The minimum Gasteiger partial charge on any atom is -0.469 e. The van der Waals surface area contributed by atoms with E-state index in [0.29, 0.717) is 16.6 Å². The smallest absolute Gasteiger partial charge is 0.357 e. The molecular weight excluding hydrogens is 519 g/mol. The molecule has 0 radical (unpaired) electrons. The summed E-state index contributed by atoms with van der Waals surface area (Å²) in [5.41, 5.74) is 1.97. The predicted octanol–water partition coefficient (Wildman–Crippen LogP) is 4.05. The molecule has 10 nitrogen and oxygen atoms in total. The number of rotatable bonds is 10. The first kappa shape index (κ1) is 24.2. The molecule has 3 heterocycles. The maximum absolute atomic E-state index is 11.5. The van der Waals surface area contributed by atoms with Gasteiger partial charge in [0.15, 0.2) is 0 Å². The van der Waals surface area contributed by atoms with E-state index in [1.807, 2.05) is 27.6 Å². The minimum absolute atomic E-state index is 0.0436. The summed E-state index contributed by atoms with van der Waals surface area (Å²) in [4.78, 5) is 17.4. The molecule has 0 spiro atoms. The van der Waals surface area contributed by atoms with E-state index in [-0.39, 0.29) is 18.2 Å². The Morgan fingerprint density at radius 1 is 1.18 bits per heavy atom. The Labute approximate surface area is 207 Å². The lowest BCUT2D eigenvalue weighted by atomic mass is 10.0. The molecule has 178 valence electrons. The van der Waals surface area contributed by atoms with Crippen LogP contribution in [0.4, 0.5) is 10.8 Å². The van der Waals surface area contributed by atoms with Gasteiger partial charge >= 0.3 is 16.3 Å². The van der Waals surface area contributed by atoms with Gasteiger partial charge in [0.25, 0.3) is 0 Å². The van der Waals surface area contributed by atoms with Crippen LogP contribution in [0.5, 0.6) is 0 Å². The molecule has 0 bridgehead atoms. The number of carbonyl (C=O) groups excluding carboxylic acids is 1. The fraction of sp³-hybridized carbons (Fsp3) is 0.200. The standard InChI is InChI=1S/C20H19N5O5S4/c1-30-18(26)10-17-23-24-20(33-17)22-14(15-11-32-19(21-15)16-3-2-8-31-16)9-12-4-6-13(7-5-12)25-34(27,28)29/h2-8,11,14,25H,9-10H2,1H3,(H,22,24)(H,27,28,29). The lowest BCUT2D eigenvalue weighted by molar-refractivity contribution is -0.139. The zero-order valence-corrected chi connectivity index (χ0v) is 20.9. The summed E-state index contributed by atoms with van der Waals surface area (Å²) < 4.78 is 37.7. The number of hydrogen-bond acceptors (Lipinski definition) is 11. The summed E-state index contributed by atoms with van der Waals surface area (Å²) in [5, 5.41) is 17.5.